The van der Waals surface area contributed by atoms with Crippen LogP contribution in [0.15, 0.2) is 42.6 Å². The molecule has 1 amide bonds. The topological polar surface area (TPSA) is 45.3 Å². The van der Waals surface area contributed by atoms with Crippen LogP contribution in [0.2, 0.25) is 5.02 Å². The van der Waals surface area contributed by atoms with Crippen molar-refractivity contribution in [3.8, 4) is 5.75 Å². The maximum absolute atomic E-state index is 12.3. The average Bonchev–Trinajstić information content (AvgIpc) is 3.01. The van der Waals surface area contributed by atoms with Crippen LogP contribution in [-0.4, -0.2) is 36.0 Å². The number of ether oxygens (including phenoxy) is 1. The average molecular weight is 317 g/mol. The summed E-state index contributed by atoms with van der Waals surface area (Å²) < 4.78 is 5.17. The van der Waals surface area contributed by atoms with E-state index in [0.29, 0.717) is 23.8 Å². The third-order valence-electron chi connectivity index (χ3n) is 3.84. The highest BCUT2D eigenvalue weighted by Crippen LogP contribution is 2.25. The predicted molar refractivity (Wildman–Crippen MR) is 87.3 cm³/mol. The Bertz CT molecular complexity index is 704. The zero-order valence-corrected chi connectivity index (χ0v) is 13.1. The summed E-state index contributed by atoms with van der Waals surface area (Å²) in [6.45, 7) is 1.31. The van der Waals surface area contributed by atoms with Gasteiger partial charge in [-0.3, -0.25) is 4.79 Å². The SMILES string of the molecule is COc1ccc(C2=CCN(C(=O)c3cc(Cl)c[nH]3)CC2)cc1. The molecule has 0 radical (unpaired) electrons. The fourth-order valence-corrected chi connectivity index (χ4v) is 2.75. The minimum Gasteiger partial charge on any atom is -0.497 e. The largest absolute Gasteiger partial charge is 0.497 e. The molecule has 5 heteroatoms. The molecule has 1 N–H and O–H groups in total. The van der Waals surface area contributed by atoms with Crippen LogP contribution in [-0.2, 0) is 0 Å². The molecule has 1 aliphatic heterocycles. The zero-order valence-electron chi connectivity index (χ0n) is 12.3. The summed E-state index contributed by atoms with van der Waals surface area (Å²) in [5, 5.41) is 0.551. The van der Waals surface area contributed by atoms with Crippen LogP contribution in [0, 0.1) is 0 Å². The van der Waals surface area contributed by atoms with Crippen LogP contribution >= 0.6 is 11.6 Å². The number of nitrogens with one attached hydrogen (secondary N) is 1. The molecular weight excluding hydrogens is 300 g/mol. The summed E-state index contributed by atoms with van der Waals surface area (Å²) >= 11 is 5.85. The maximum atomic E-state index is 12.3. The van der Waals surface area contributed by atoms with Gasteiger partial charge in [-0.05, 0) is 35.8 Å². The lowest BCUT2D eigenvalue weighted by Gasteiger charge is -2.26. The van der Waals surface area contributed by atoms with Gasteiger partial charge in [-0.15, -0.1) is 0 Å². The third kappa shape index (κ3) is 3.02. The minimum atomic E-state index is -0.0167. The summed E-state index contributed by atoms with van der Waals surface area (Å²) in [7, 11) is 1.66. The van der Waals surface area contributed by atoms with E-state index < -0.39 is 0 Å². The second kappa shape index (κ2) is 6.28. The van der Waals surface area contributed by atoms with E-state index >= 15 is 0 Å². The van der Waals surface area contributed by atoms with Crippen molar-refractivity contribution in [1.29, 1.82) is 0 Å². The Morgan fingerprint density at radius 2 is 2.09 bits per heavy atom. The summed E-state index contributed by atoms with van der Waals surface area (Å²) in [5.41, 5.74) is 2.97. The molecular formula is C17H17ClN2O2. The van der Waals surface area contributed by atoms with E-state index in [4.69, 9.17) is 16.3 Å². The van der Waals surface area contributed by atoms with Crippen LogP contribution in [0.5, 0.6) is 5.75 Å². The standard InChI is InChI=1S/C17H17ClN2O2/c1-22-15-4-2-12(3-5-15)13-6-8-20(9-7-13)17(21)16-10-14(18)11-19-16/h2-6,10-11,19H,7-9H2,1H3. The Labute approximate surface area is 134 Å². The fraction of sp³-hybridized carbons (Fsp3) is 0.235. The van der Waals surface area contributed by atoms with Crippen LogP contribution in [0.4, 0.5) is 0 Å². The van der Waals surface area contributed by atoms with Gasteiger partial charge in [0.05, 0.1) is 12.1 Å². The van der Waals surface area contributed by atoms with E-state index in [2.05, 4.69) is 11.1 Å². The number of nitrogens with zero attached hydrogens (tertiary/aromatic N) is 1. The van der Waals surface area contributed by atoms with Gasteiger partial charge in [-0.25, -0.2) is 0 Å². The molecule has 0 spiro atoms. The molecule has 0 aliphatic carbocycles. The lowest BCUT2D eigenvalue weighted by atomic mass is 9.99. The Kier molecular flexibility index (Phi) is 4.20. The van der Waals surface area contributed by atoms with Crippen molar-refractivity contribution in [2.24, 2.45) is 0 Å². The fourth-order valence-electron chi connectivity index (χ4n) is 2.58. The number of H-pyrrole nitrogens is 1. The zero-order chi connectivity index (χ0) is 15.5. The van der Waals surface area contributed by atoms with E-state index in [9.17, 15) is 4.79 Å². The Morgan fingerprint density at radius 1 is 1.32 bits per heavy atom. The Morgan fingerprint density at radius 3 is 2.64 bits per heavy atom. The highest BCUT2D eigenvalue weighted by Gasteiger charge is 2.20. The third-order valence-corrected chi connectivity index (χ3v) is 4.05. The van der Waals surface area contributed by atoms with Gasteiger partial charge < -0.3 is 14.6 Å². The summed E-state index contributed by atoms with van der Waals surface area (Å²) in [5.74, 6) is 0.831. The van der Waals surface area contributed by atoms with Crippen LogP contribution < -0.4 is 4.74 Å². The molecule has 4 nitrogen and oxygen atoms in total. The van der Waals surface area contributed by atoms with E-state index in [1.807, 2.05) is 29.2 Å². The number of aromatic amines is 1. The molecule has 0 unspecified atom stereocenters. The quantitative estimate of drug-likeness (QED) is 0.940. The second-order valence-electron chi connectivity index (χ2n) is 5.19. The van der Waals surface area contributed by atoms with E-state index in [-0.39, 0.29) is 5.91 Å². The normalized spacial score (nSPS) is 14.6. The highest BCUT2D eigenvalue weighted by molar-refractivity contribution is 6.30. The smallest absolute Gasteiger partial charge is 0.270 e. The lowest BCUT2D eigenvalue weighted by Crippen LogP contribution is -2.34. The van der Waals surface area contributed by atoms with Crippen molar-refractivity contribution in [2.75, 3.05) is 20.2 Å². The highest BCUT2D eigenvalue weighted by atomic mass is 35.5. The maximum Gasteiger partial charge on any atom is 0.270 e. The van der Waals surface area contributed by atoms with Gasteiger partial charge in [0.15, 0.2) is 0 Å². The Hall–Kier alpha value is -2.20. The molecule has 1 aromatic heterocycles. The van der Waals surface area contributed by atoms with Gasteiger partial charge in [-0.2, -0.15) is 0 Å². The lowest BCUT2D eigenvalue weighted by molar-refractivity contribution is 0.0767. The second-order valence-corrected chi connectivity index (χ2v) is 5.63. The monoisotopic (exact) mass is 316 g/mol. The van der Waals surface area contributed by atoms with Gasteiger partial charge in [0, 0.05) is 19.3 Å². The van der Waals surface area contributed by atoms with Gasteiger partial charge in [0.1, 0.15) is 11.4 Å². The first-order valence-corrected chi connectivity index (χ1v) is 7.52. The predicted octanol–water partition coefficient (Wildman–Crippen LogP) is 3.61. The number of carbonyl (C=O) groups is 1. The molecule has 1 aliphatic rings. The molecule has 0 saturated heterocycles. The Balaban J connectivity index is 1.69. The number of benzene rings is 1. The number of halogens is 1. The van der Waals surface area contributed by atoms with Crippen molar-refractivity contribution >= 4 is 23.1 Å². The molecule has 2 aromatic rings. The first kappa shape index (κ1) is 14.7. The van der Waals surface area contributed by atoms with E-state index in [1.54, 1.807) is 19.4 Å². The first-order valence-electron chi connectivity index (χ1n) is 7.14. The molecule has 1 aromatic carbocycles. The van der Waals surface area contributed by atoms with Crippen LogP contribution in [0.25, 0.3) is 5.57 Å². The number of hydrogen-bond donors (Lipinski definition) is 1. The number of hydrogen-bond acceptors (Lipinski definition) is 2. The van der Waals surface area contributed by atoms with E-state index in [0.717, 1.165) is 12.2 Å². The summed E-state index contributed by atoms with van der Waals surface area (Å²) in [6.07, 6.45) is 4.57. The molecule has 0 bridgehead atoms. The number of amides is 1. The van der Waals surface area contributed by atoms with Gasteiger partial charge in [0.25, 0.3) is 5.91 Å². The number of carbonyl (C=O) groups excluding carboxylic acids is 1. The van der Waals surface area contributed by atoms with Crippen molar-refractivity contribution < 1.29 is 9.53 Å². The van der Waals surface area contributed by atoms with Crippen LogP contribution in [0.3, 0.4) is 0 Å². The summed E-state index contributed by atoms with van der Waals surface area (Å²) in [6, 6.07) is 9.66. The van der Waals surface area contributed by atoms with Crippen molar-refractivity contribution in [3.05, 3.63) is 58.9 Å². The van der Waals surface area contributed by atoms with Crippen molar-refractivity contribution in [2.45, 2.75) is 6.42 Å². The van der Waals surface area contributed by atoms with E-state index in [1.165, 1.54) is 11.1 Å². The first-order chi connectivity index (χ1) is 10.7. The minimum absolute atomic E-state index is 0.0167. The molecule has 0 atom stereocenters. The molecule has 0 fully saturated rings. The van der Waals surface area contributed by atoms with Gasteiger partial charge >= 0.3 is 0 Å². The van der Waals surface area contributed by atoms with Gasteiger partial charge in [0.2, 0.25) is 0 Å². The molecule has 114 valence electrons. The number of methoxy groups -OCH3 is 1. The number of rotatable bonds is 3. The molecule has 22 heavy (non-hydrogen) atoms. The van der Waals surface area contributed by atoms with Gasteiger partial charge in [-0.1, -0.05) is 29.8 Å². The molecule has 3 rings (SSSR count). The van der Waals surface area contributed by atoms with Crippen LogP contribution in [0.1, 0.15) is 22.5 Å². The summed E-state index contributed by atoms with van der Waals surface area (Å²) in [4.78, 5) is 17.0. The van der Waals surface area contributed by atoms with Crippen molar-refractivity contribution in [1.82, 2.24) is 9.88 Å². The van der Waals surface area contributed by atoms with Crippen molar-refractivity contribution in [3.63, 3.8) is 0 Å². The molecule has 2 heterocycles. The number of aromatic nitrogens is 1. The molecule has 0 saturated carbocycles.